The number of nitriles is 1. The quantitative estimate of drug-likeness (QED) is 0.0637. The maximum atomic E-state index is 11.8. The third-order valence-electron chi connectivity index (χ3n) is 8.42. The van der Waals surface area contributed by atoms with Gasteiger partial charge >= 0.3 is 5.97 Å². The number of aldehydes is 1. The summed E-state index contributed by atoms with van der Waals surface area (Å²) < 4.78 is 0. The molecular formula is C45H54Cl9N3O7. The molecular weight excluding hydrogens is 1010 g/mol. The van der Waals surface area contributed by atoms with Gasteiger partial charge in [-0.2, -0.15) is 5.26 Å². The first kappa shape index (κ1) is 63.5. The van der Waals surface area contributed by atoms with Crippen molar-refractivity contribution < 1.29 is 34.3 Å². The van der Waals surface area contributed by atoms with Crippen LogP contribution in [-0.4, -0.2) is 67.9 Å². The molecule has 0 bridgehead atoms. The van der Waals surface area contributed by atoms with Crippen LogP contribution in [0, 0.1) is 35.0 Å². The predicted octanol–water partition coefficient (Wildman–Crippen LogP) is 13.1. The highest BCUT2D eigenvalue weighted by Gasteiger charge is 2.18. The molecule has 0 spiro atoms. The SMILES string of the molecule is CNOC.CON(C)C(=O)[C@@H](C)Cc1cc(Cl)cc(Cl)c1.C[C@@H](Cc1cc(Cl)cc(Cl)c1)C(=O)O.C[C@@H](Cc1cc(Cl)cc(Cl)c1)C(O)C#N.C[C@H](C=O)Cc1cc(Cl)cc(Cl)c1.Cl. The van der Waals surface area contributed by atoms with Crippen LogP contribution in [-0.2, 0) is 49.7 Å². The van der Waals surface area contributed by atoms with Crippen LogP contribution in [0.15, 0.2) is 72.8 Å². The van der Waals surface area contributed by atoms with Crippen LogP contribution in [0.3, 0.4) is 0 Å². The van der Waals surface area contributed by atoms with Crippen molar-refractivity contribution in [3.05, 3.63) is 135 Å². The molecule has 4 aromatic rings. The molecule has 4 aromatic carbocycles. The van der Waals surface area contributed by atoms with Crippen LogP contribution in [0.5, 0.6) is 0 Å². The van der Waals surface area contributed by atoms with Gasteiger partial charge in [-0.25, -0.2) is 10.5 Å². The van der Waals surface area contributed by atoms with Gasteiger partial charge in [0, 0.05) is 66.1 Å². The molecule has 0 saturated carbocycles. The van der Waals surface area contributed by atoms with Crippen molar-refractivity contribution in [2.24, 2.45) is 23.7 Å². The Bertz CT molecular complexity index is 1990. The highest BCUT2D eigenvalue weighted by molar-refractivity contribution is 6.36. The molecule has 19 heteroatoms. The summed E-state index contributed by atoms with van der Waals surface area (Å²) in [5.41, 5.74) is 6.14. The van der Waals surface area contributed by atoms with E-state index < -0.39 is 18.0 Å². The monoisotopic (exact) mass is 1060 g/mol. The third-order valence-corrected chi connectivity index (χ3v) is 10.2. The molecule has 1 unspecified atom stereocenters. The Morgan fingerprint density at radius 1 is 0.656 bits per heavy atom. The van der Waals surface area contributed by atoms with Crippen LogP contribution in [0.4, 0.5) is 0 Å². The molecule has 4 rings (SSSR count). The smallest absolute Gasteiger partial charge is 0.306 e. The first-order valence-corrected chi connectivity index (χ1v) is 22.1. The Labute approximate surface area is 423 Å². The molecule has 0 aromatic heterocycles. The number of aliphatic carboxylic acids is 1. The molecule has 1 amide bonds. The molecule has 3 N–H and O–H groups in total. The lowest BCUT2D eigenvalue weighted by atomic mass is 9.97. The number of carbonyl (C=O) groups is 3. The second-order valence-corrected chi connectivity index (χ2v) is 17.7. The fraction of sp³-hybridized carbons (Fsp3) is 0.378. The maximum Gasteiger partial charge on any atom is 0.306 e. The summed E-state index contributed by atoms with van der Waals surface area (Å²) in [6, 6.07) is 22.7. The van der Waals surface area contributed by atoms with Gasteiger partial charge in [-0.05, 0) is 127 Å². The first-order chi connectivity index (χ1) is 29.5. The summed E-state index contributed by atoms with van der Waals surface area (Å²) in [4.78, 5) is 41.9. The Hall–Kier alpha value is -2.57. The van der Waals surface area contributed by atoms with E-state index in [1.807, 2.05) is 45.0 Å². The number of rotatable bonds is 14. The van der Waals surface area contributed by atoms with Gasteiger partial charge < -0.3 is 19.8 Å². The van der Waals surface area contributed by atoms with E-state index in [9.17, 15) is 19.5 Å². The fourth-order valence-electron chi connectivity index (χ4n) is 5.23. The molecule has 5 atom stereocenters. The number of carbonyl (C=O) groups excluding carboxylic acids is 2. The summed E-state index contributed by atoms with van der Waals surface area (Å²) >= 11 is 46.6. The van der Waals surface area contributed by atoms with Crippen molar-refractivity contribution in [1.82, 2.24) is 10.5 Å². The van der Waals surface area contributed by atoms with Crippen LogP contribution < -0.4 is 5.48 Å². The highest BCUT2D eigenvalue weighted by Crippen LogP contribution is 2.25. The van der Waals surface area contributed by atoms with Crippen LogP contribution in [0.2, 0.25) is 40.2 Å². The van der Waals surface area contributed by atoms with E-state index in [2.05, 4.69) is 10.3 Å². The number of benzene rings is 4. The van der Waals surface area contributed by atoms with Crippen molar-refractivity contribution in [3.8, 4) is 6.07 Å². The zero-order valence-electron chi connectivity index (χ0n) is 36.5. The molecule has 64 heavy (non-hydrogen) atoms. The molecule has 0 saturated heterocycles. The minimum absolute atomic E-state index is 0. The molecule has 0 aliphatic carbocycles. The second kappa shape index (κ2) is 34.7. The predicted molar refractivity (Wildman–Crippen MR) is 266 cm³/mol. The van der Waals surface area contributed by atoms with Gasteiger partial charge in [0.2, 0.25) is 5.91 Å². The van der Waals surface area contributed by atoms with Crippen LogP contribution in [0.25, 0.3) is 0 Å². The molecule has 354 valence electrons. The second-order valence-electron chi connectivity index (χ2n) is 14.2. The number of hydrogen-bond donors (Lipinski definition) is 3. The van der Waals surface area contributed by atoms with Crippen molar-refractivity contribution >= 4 is 123 Å². The zero-order valence-corrected chi connectivity index (χ0v) is 43.3. The molecule has 0 heterocycles. The first-order valence-electron chi connectivity index (χ1n) is 19.1. The number of carboxylic acids is 1. The Kier molecular flexibility index (Phi) is 34.4. The standard InChI is InChI=1S/C12H15Cl2NO2.C11H11Cl2NO.C10H10Cl2O2.C10H10Cl2O.C2H7NO.ClH/c1-8(12(16)15(2)17-3)4-9-5-10(13)7-11(14)6-9;1-7(11(15)6-14)2-8-3-9(12)5-10(13)4-8;1-6(10(13)14)2-7-3-8(11)5-9(12)4-7;1-7(6-13)2-8-3-9(11)5-10(12)4-8;1-3-4-2;/h5-8H,4H2,1-3H3;3-5,7,11,15H,2H2,1H3;3-6H,2H2,1H3,(H,13,14);3-7H,2H2,1H3;3H,1-2H3;1H/t8-;7-,11?;6-;7-;;/m0000../s1. The normalized spacial score (nSPS) is 12.4. The minimum atomic E-state index is -0.956. The number of carboxylic acid groups (broad SMARTS) is 1. The van der Waals surface area contributed by atoms with Gasteiger partial charge in [0.05, 0.1) is 26.2 Å². The molecule has 10 nitrogen and oxygen atoms in total. The average molecular weight is 1070 g/mol. The summed E-state index contributed by atoms with van der Waals surface area (Å²) in [5, 5.41) is 32.3. The van der Waals surface area contributed by atoms with Crippen molar-refractivity contribution in [2.75, 3.05) is 28.3 Å². The van der Waals surface area contributed by atoms with Gasteiger partial charge in [-0.15, -0.1) is 12.4 Å². The lowest BCUT2D eigenvalue weighted by molar-refractivity contribution is -0.172. The van der Waals surface area contributed by atoms with Gasteiger partial charge in [-0.3, -0.25) is 14.4 Å². The Morgan fingerprint density at radius 3 is 1.22 bits per heavy atom. The van der Waals surface area contributed by atoms with E-state index in [0.29, 0.717) is 65.9 Å². The summed E-state index contributed by atoms with van der Waals surface area (Å²) in [6.45, 7) is 7.16. The van der Waals surface area contributed by atoms with Crippen molar-refractivity contribution in [1.29, 1.82) is 5.26 Å². The van der Waals surface area contributed by atoms with Crippen molar-refractivity contribution in [3.63, 3.8) is 0 Å². The number of nitrogens with zero attached hydrogens (tertiary/aromatic N) is 2. The summed E-state index contributed by atoms with van der Waals surface area (Å²) in [6.07, 6.45) is 2.25. The molecule has 0 radical (unpaired) electrons. The van der Waals surface area contributed by atoms with Crippen LogP contribution in [0.1, 0.15) is 49.9 Å². The van der Waals surface area contributed by atoms with E-state index in [0.717, 1.165) is 28.5 Å². The van der Waals surface area contributed by atoms with E-state index in [-0.39, 0.29) is 36.1 Å². The van der Waals surface area contributed by atoms with E-state index in [1.54, 1.807) is 82.7 Å². The number of hydroxylamine groups is 3. The van der Waals surface area contributed by atoms with E-state index >= 15 is 0 Å². The van der Waals surface area contributed by atoms with Gasteiger partial charge in [-0.1, -0.05) is 121 Å². The van der Waals surface area contributed by atoms with Gasteiger partial charge in [0.1, 0.15) is 12.4 Å². The van der Waals surface area contributed by atoms with Gasteiger partial charge in [0.25, 0.3) is 0 Å². The fourth-order valence-corrected chi connectivity index (χ4v) is 7.51. The Balaban J connectivity index is 0. The molecule has 0 aliphatic rings. The number of aliphatic hydroxyl groups excluding tert-OH is 1. The number of hydrogen-bond acceptors (Lipinski definition) is 8. The van der Waals surface area contributed by atoms with Gasteiger partial charge in [0.15, 0.2) is 0 Å². The number of aliphatic hydroxyl groups is 1. The maximum absolute atomic E-state index is 11.8. The minimum Gasteiger partial charge on any atom is -0.481 e. The average Bonchev–Trinajstić information content (AvgIpc) is 3.19. The lowest BCUT2D eigenvalue weighted by Gasteiger charge is -2.18. The van der Waals surface area contributed by atoms with E-state index in [4.69, 9.17) is 108 Å². The molecule has 0 fully saturated rings. The lowest BCUT2D eigenvalue weighted by Crippen LogP contribution is -2.31. The highest BCUT2D eigenvalue weighted by atomic mass is 35.5. The largest absolute Gasteiger partial charge is 0.481 e. The molecule has 0 aliphatic heterocycles. The van der Waals surface area contributed by atoms with E-state index in [1.165, 1.54) is 12.2 Å². The summed E-state index contributed by atoms with van der Waals surface area (Å²) in [7, 11) is 6.32. The third kappa shape index (κ3) is 28.5. The topological polar surface area (TPSA) is 149 Å². The number of halogens is 9. The number of amides is 1. The number of nitrogens with one attached hydrogen (secondary N) is 1. The summed E-state index contributed by atoms with van der Waals surface area (Å²) in [5.74, 6) is -1.64. The van der Waals surface area contributed by atoms with Crippen molar-refractivity contribution in [2.45, 2.75) is 59.5 Å². The van der Waals surface area contributed by atoms with Crippen LogP contribution >= 0.6 is 105 Å². The Morgan fingerprint density at radius 2 is 0.953 bits per heavy atom. The zero-order chi connectivity index (χ0) is 48.4.